The molecule has 4 heteroatoms. The Balaban J connectivity index is 1.87. The lowest BCUT2D eigenvalue weighted by Gasteiger charge is -2.23. The number of carbonyl (C=O) groups is 1. The van der Waals surface area contributed by atoms with Crippen LogP contribution in [-0.2, 0) is 10.2 Å². The summed E-state index contributed by atoms with van der Waals surface area (Å²) in [5.74, 6) is -0.215. The zero-order valence-corrected chi connectivity index (χ0v) is 10.2. The summed E-state index contributed by atoms with van der Waals surface area (Å²) in [4.78, 5) is 14.3. The van der Waals surface area contributed by atoms with E-state index in [1.807, 2.05) is 0 Å². The number of likely N-dealkylation sites (tertiary alicyclic amines) is 1. The van der Waals surface area contributed by atoms with Crippen LogP contribution >= 0.6 is 0 Å². The molecule has 96 valence electrons. The van der Waals surface area contributed by atoms with Crippen molar-refractivity contribution in [1.82, 2.24) is 4.90 Å². The molecule has 1 heterocycles. The van der Waals surface area contributed by atoms with E-state index in [9.17, 15) is 9.18 Å². The second-order valence-corrected chi connectivity index (χ2v) is 5.36. The quantitative estimate of drug-likeness (QED) is 0.860. The van der Waals surface area contributed by atoms with Crippen LogP contribution in [0.1, 0.15) is 24.8 Å². The molecule has 3 nitrogen and oxygen atoms in total. The Morgan fingerprint density at radius 2 is 2.11 bits per heavy atom. The van der Waals surface area contributed by atoms with E-state index in [2.05, 4.69) is 0 Å². The fourth-order valence-corrected chi connectivity index (χ4v) is 2.85. The Bertz CT molecular complexity index is 484. The van der Waals surface area contributed by atoms with E-state index in [1.165, 1.54) is 6.07 Å². The van der Waals surface area contributed by atoms with E-state index in [1.54, 1.807) is 23.1 Å². The van der Waals surface area contributed by atoms with Gasteiger partial charge in [0.25, 0.3) is 0 Å². The summed E-state index contributed by atoms with van der Waals surface area (Å²) < 4.78 is 13.9. The van der Waals surface area contributed by atoms with E-state index in [0.29, 0.717) is 18.7 Å². The van der Waals surface area contributed by atoms with Gasteiger partial charge in [-0.3, -0.25) is 4.79 Å². The molecule has 1 saturated heterocycles. The molecule has 3 rings (SSSR count). The summed E-state index contributed by atoms with van der Waals surface area (Å²) in [5, 5.41) is 0. The first-order chi connectivity index (χ1) is 8.63. The molecular formula is C14H17FN2O. The molecular weight excluding hydrogens is 231 g/mol. The standard InChI is InChI=1S/C14H17FN2O/c15-12-4-2-1-3-11(12)14(6-7-14)13(18)17-8-5-10(16)9-17/h1-4,10H,5-9,16H2/t10-/m0/s1. The highest BCUT2D eigenvalue weighted by Crippen LogP contribution is 2.50. The molecule has 0 bridgehead atoms. The summed E-state index contributed by atoms with van der Waals surface area (Å²) in [6.07, 6.45) is 2.34. The normalized spacial score (nSPS) is 25.2. The van der Waals surface area contributed by atoms with Crippen molar-refractivity contribution in [3.63, 3.8) is 0 Å². The van der Waals surface area contributed by atoms with Crippen molar-refractivity contribution in [2.45, 2.75) is 30.7 Å². The van der Waals surface area contributed by atoms with Gasteiger partial charge >= 0.3 is 0 Å². The number of benzene rings is 1. The zero-order chi connectivity index (χ0) is 12.8. The van der Waals surface area contributed by atoms with Crippen molar-refractivity contribution < 1.29 is 9.18 Å². The maximum absolute atomic E-state index is 13.9. The summed E-state index contributed by atoms with van der Waals surface area (Å²) in [7, 11) is 0. The lowest BCUT2D eigenvalue weighted by Crippen LogP contribution is -2.39. The van der Waals surface area contributed by atoms with Gasteiger partial charge in [-0.25, -0.2) is 4.39 Å². The first-order valence-corrected chi connectivity index (χ1v) is 6.43. The molecule has 1 aliphatic heterocycles. The van der Waals surface area contributed by atoms with Crippen molar-refractivity contribution in [1.29, 1.82) is 0 Å². The van der Waals surface area contributed by atoms with Crippen LogP contribution in [0, 0.1) is 5.82 Å². The Hall–Kier alpha value is -1.42. The molecule has 1 aliphatic carbocycles. The zero-order valence-electron chi connectivity index (χ0n) is 10.2. The second kappa shape index (κ2) is 4.05. The summed E-state index contributed by atoms with van der Waals surface area (Å²) >= 11 is 0. The lowest BCUT2D eigenvalue weighted by molar-refractivity contribution is -0.133. The number of nitrogens with two attached hydrogens (primary N) is 1. The number of hydrogen-bond acceptors (Lipinski definition) is 2. The van der Waals surface area contributed by atoms with E-state index >= 15 is 0 Å². The minimum Gasteiger partial charge on any atom is -0.340 e. The van der Waals surface area contributed by atoms with Gasteiger partial charge in [-0.1, -0.05) is 18.2 Å². The smallest absolute Gasteiger partial charge is 0.233 e. The third kappa shape index (κ3) is 1.72. The predicted molar refractivity (Wildman–Crippen MR) is 66.5 cm³/mol. The molecule has 1 amide bonds. The van der Waals surface area contributed by atoms with Crippen molar-refractivity contribution in [2.24, 2.45) is 5.73 Å². The van der Waals surface area contributed by atoms with Crippen LogP contribution in [0.25, 0.3) is 0 Å². The van der Waals surface area contributed by atoms with Crippen molar-refractivity contribution in [3.05, 3.63) is 35.6 Å². The molecule has 2 fully saturated rings. The maximum Gasteiger partial charge on any atom is 0.233 e. The number of amides is 1. The second-order valence-electron chi connectivity index (χ2n) is 5.36. The summed E-state index contributed by atoms with van der Waals surface area (Å²) in [5.41, 5.74) is 5.78. The summed E-state index contributed by atoms with van der Waals surface area (Å²) in [6, 6.07) is 6.69. The molecule has 0 radical (unpaired) electrons. The molecule has 18 heavy (non-hydrogen) atoms. The molecule has 1 aromatic carbocycles. The van der Waals surface area contributed by atoms with Gasteiger partial charge in [0, 0.05) is 24.7 Å². The van der Waals surface area contributed by atoms with Crippen LogP contribution in [0.5, 0.6) is 0 Å². The van der Waals surface area contributed by atoms with E-state index in [4.69, 9.17) is 5.73 Å². The van der Waals surface area contributed by atoms with Crippen LogP contribution in [0.15, 0.2) is 24.3 Å². The van der Waals surface area contributed by atoms with Crippen LogP contribution < -0.4 is 5.73 Å². The van der Waals surface area contributed by atoms with E-state index in [-0.39, 0.29) is 17.8 Å². The van der Waals surface area contributed by atoms with E-state index in [0.717, 1.165) is 19.3 Å². The predicted octanol–water partition coefficient (Wildman–Crippen LogP) is 1.42. The van der Waals surface area contributed by atoms with Crippen molar-refractivity contribution in [3.8, 4) is 0 Å². The fraction of sp³-hybridized carbons (Fsp3) is 0.500. The van der Waals surface area contributed by atoms with Gasteiger partial charge in [0.15, 0.2) is 0 Å². The van der Waals surface area contributed by atoms with Crippen LogP contribution in [-0.4, -0.2) is 29.9 Å². The van der Waals surface area contributed by atoms with Crippen molar-refractivity contribution >= 4 is 5.91 Å². The monoisotopic (exact) mass is 248 g/mol. The average molecular weight is 248 g/mol. The highest BCUT2D eigenvalue weighted by molar-refractivity contribution is 5.91. The number of halogens is 1. The molecule has 1 saturated carbocycles. The maximum atomic E-state index is 13.9. The number of rotatable bonds is 2. The Morgan fingerprint density at radius 1 is 1.39 bits per heavy atom. The van der Waals surface area contributed by atoms with Gasteiger partial charge < -0.3 is 10.6 Å². The number of nitrogens with zero attached hydrogens (tertiary/aromatic N) is 1. The molecule has 1 aromatic rings. The molecule has 0 aromatic heterocycles. The van der Waals surface area contributed by atoms with Gasteiger partial charge in [-0.2, -0.15) is 0 Å². The van der Waals surface area contributed by atoms with Gasteiger partial charge in [-0.15, -0.1) is 0 Å². The number of carbonyl (C=O) groups excluding carboxylic acids is 1. The molecule has 2 aliphatic rings. The average Bonchev–Trinajstić information content (AvgIpc) is 3.05. The van der Waals surface area contributed by atoms with Crippen LogP contribution in [0.2, 0.25) is 0 Å². The minimum absolute atomic E-state index is 0.0561. The first kappa shape index (κ1) is 11.7. The van der Waals surface area contributed by atoms with Gasteiger partial charge in [-0.05, 0) is 25.3 Å². The molecule has 2 N–H and O–H groups in total. The highest BCUT2D eigenvalue weighted by Gasteiger charge is 2.54. The van der Waals surface area contributed by atoms with Gasteiger partial charge in [0.05, 0.1) is 5.41 Å². The van der Waals surface area contributed by atoms with Gasteiger partial charge in [0.2, 0.25) is 5.91 Å². The number of hydrogen-bond donors (Lipinski definition) is 1. The minimum atomic E-state index is -0.602. The first-order valence-electron chi connectivity index (χ1n) is 6.43. The Morgan fingerprint density at radius 3 is 2.67 bits per heavy atom. The highest BCUT2D eigenvalue weighted by atomic mass is 19.1. The SMILES string of the molecule is N[C@H]1CCN(C(=O)C2(c3ccccc3F)CC2)C1. The largest absolute Gasteiger partial charge is 0.340 e. The Kier molecular flexibility index (Phi) is 2.63. The lowest BCUT2D eigenvalue weighted by atomic mass is 9.94. The van der Waals surface area contributed by atoms with Crippen molar-refractivity contribution in [2.75, 3.05) is 13.1 Å². The third-order valence-electron chi connectivity index (χ3n) is 4.06. The van der Waals surface area contributed by atoms with Gasteiger partial charge in [0.1, 0.15) is 5.82 Å². The third-order valence-corrected chi connectivity index (χ3v) is 4.06. The summed E-state index contributed by atoms with van der Waals surface area (Å²) in [6.45, 7) is 1.31. The molecule has 1 atom stereocenters. The van der Waals surface area contributed by atoms with E-state index < -0.39 is 5.41 Å². The molecule has 0 spiro atoms. The fourth-order valence-electron chi connectivity index (χ4n) is 2.85. The van der Waals surface area contributed by atoms with Crippen LogP contribution in [0.4, 0.5) is 4.39 Å². The Labute approximate surface area is 106 Å². The van der Waals surface area contributed by atoms with Crippen LogP contribution in [0.3, 0.4) is 0 Å². The topological polar surface area (TPSA) is 46.3 Å². The molecule has 0 unspecified atom stereocenters.